The third kappa shape index (κ3) is 3.72. The molecule has 0 saturated carbocycles. The van der Waals surface area contributed by atoms with E-state index < -0.39 is 68.2 Å². The first-order chi connectivity index (χ1) is 15.2. The van der Waals surface area contributed by atoms with Gasteiger partial charge in [-0.1, -0.05) is 6.92 Å². The van der Waals surface area contributed by atoms with Crippen molar-refractivity contribution in [2.75, 3.05) is 0 Å². The number of aromatic nitrogens is 4. The van der Waals surface area contributed by atoms with Crippen LogP contribution in [0, 0.1) is 0 Å². The fourth-order valence-corrected chi connectivity index (χ4v) is 2.27. The van der Waals surface area contributed by atoms with Crippen molar-refractivity contribution in [3.8, 4) is 0 Å². The first-order valence-electron chi connectivity index (χ1n) is 12.7. The predicted octanol–water partition coefficient (Wildman–Crippen LogP) is 1.25. The molecule has 128 valence electrons. The van der Waals surface area contributed by atoms with E-state index in [4.69, 9.17) is 15.1 Å². The summed E-state index contributed by atoms with van der Waals surface area (Å²) in [5.41, 5.74) is -6.20. The van der Waals surface area contributed by atoms with E-state index >= 15 is 0 Å². The Bertz CT molecular complexity index is 1140. The van der Waals surface area contributed by atoms with Crippen LogP contribution in [0.2, 0.25) is 0 Å². The van der Waals surface area contributed by atoms with Crippen molar-refractivity contribution in [2.45, 2.75) is 65.0 Å². The van der Waals surface area contributed by atoms with E-state index in [1.165, 1.54) is 6.92 Å². The topological polar surface area (TPSA) is 82.0 Å². The van der Waals surface area contributed by atoms with Crippen LogP contribution in [0.25, 0.3) is 11.2 Å². The molecule has 0 aliphatic heterocycles. The highest BCUT2D eigenvalue weighted by Crippen LogP contribution is 2.12. The van der Waals surface area contributed by atoms with Gasteiger partial charge in [0.1, 0.15) is 0 Å². The molecule has 7 nitrogen and oxygen atoms in total. The lowest BCUT2D eigenvalue weighted by atomic mass is 10.0. The van der Waals surface area contributed by atoms with Gasteiger partial charge in [-0.3, -0.25) is 13.9 Å². The van der Waals surface area contributed by atoms with E-state index in [1.807, 2.05) is 0 Å². The number of unbranched alkanes of at least 4 members (excludes halogenated alkanes) is 1. The second kappa shape index (κ2) is 6.70. The summed E-state index contributed by atoms with van der Waals surface area (Å²) in [7, 11) is 0. The molecule has 7 heteroatoms. The molecule has 0 fully saturated rings. The lowest BCUT2D eigenvalue weighted by Gasteiger charge is -2.16. The van der Waals surface area contributed by atoms with Crippen molar-refractivity contribution in [2.24, 2.45) is 6.98 Å². The number of fused-ring (bicyclic) bond motifs is 1. The minimum absolute atomic E-state index is 0.0897. The molecule has 0 saturated heterocycles. The van der Waals surface area contributed by atoms with E-state index in [2.05, 4.69) is 4.98 Å². The van der Waals surface area contributed by atoms with Crippen LogP contribution >= 0.6 is 0 Å². The van der Waals surface area contributed by atoms with Crippen LogP contribution < -0.4 is 11.2 Å². The maximum Gasteiger partial charge on any atom is 0.332 e. The Hall–Kier alpha value is -1.89. The number of aryl methyl sites for hydroxylation is 2. The zero-order valence-electron chi connectivity index (χ0n) is 23.7. The molecule has 0 aromatic carbocycles. The lowest BCUT2D eigenvalue weighted by molar-refractivity contribution is 0.0678. The molecule has 2 heterocycles. The Balaban J connectivity index is 2.53. The Morgan fingerprint density at radius 1 is 1.52 bits per heavy atom. The third-order valence-electron chi connectivity index (χ3n) is 3.33. The second-order valence-electron chi connectivity index (χ2n) is 5.19. The summed E-state index contributed by atoms with van der Waals surface area (Å²) < 4.78 is 85.3. The van der Waals surface area contributed by atoms with Gasteiger partial charge in [-0.2, -0.15) is 0 Å². The first kappa shape index (κ1) is 7.79. The van der Waals surface area contributed by atoms with Crippen LogP contribution in [0.15, 0.2) is 15.9 Å². The van der Waals surface area contributed by atoms with Crippen LogP contribution in [0.3, 0.4) is 0 Å². The molecule has 0 aliphatic carbocycles. The number of rotatable bonds is 7. The summed E-state index contributed by atoms with van der Waals surface area (Å²) in [6.07, 6.45) is -0.215. The van der Waals surface area contributed by atoms with Crippen LogP contribution in [0.5, 0.6) is 0 Å². The normalized spacial score (nSPS) is 23.7. The highest BCUT2D eigenvalue weighted by atomic mass is 16.3. The molecule has 2 aromatic rings. The van der Waals surface area contributed by atoms with Gasteiger partial charge in [-0.25, -0.2) is 9.78 Å². The summed E-state index contributed by atoms with van der Waals surface area (Å²) in [6, 6.07) is 0. The summed E-state index contributed by atoms with van der Waals surface area (Å²) in [5, 5.41) is 10.3. The second-order valence-corrected chi connectivity index (χ2v) is 5.19. The standard InChI is InChI=1S/C16H26N4O3/c1-5-9-19-11-17-13-12(19)14(21)20(15(22)18(13)4)10-7-6-8-16(2,3)23/h11,23H,5-10H2,1-4H3/i2D3,3T3,4D3,9D2. The van der Waals surface area contributed by atoms with Gasteiger partial charge >= 0.3 is 5.69 Å². The number of hydrogen-bond acceptors (Lipinski definition) is 4. The molecular formula is C16H26N4O3. The van der Waals surface area contributed by atoms with Gasteiger partial charge in [0.2, 0.25) is 0 Å². The van der Waals surface area contributed by atoms with Gasteiger partial charge in [0.25, 0.3) is 5.56 Å². The summed E-state index contributed by atoms with van der Waals surface area (Å²) in [5.74, 6) is 0. The van der Waals surface area contributed by atoms with E-state index in [-0.39, 0.29) is 19.3 Å². The molecule has 1 N–H and O–H groups in total. The Labute approximate surface area is 150 Å². The summed E-state index contributed by atoms with van der Waals surface area (Å²) >= 11 is 0. The van der Waals surface area contributed by atoms with Gasteiger partial charge in [0.05, 0.1) is 11.9 Å². The fourth-order valence-electron chi connectivity index (χ4n) is 2.27. The molecule has 2 aromatic heterocycles. The lowest BCUT2D eigenvalue weighted by Crippen LogP contribution is -2.39. The van der Waals surface area contributed by atoms with E-state index in [0.717, 1.165) is 10.9 Å². The van der Waals surface area contributed by atoms with Gasteiger partial charge in [0, 0.05) is 35.1 Å². The molecule has 1 unspecified atom stereocenters. The minimum Gasteiger partial charge on any atom is -0.390 e. The van der Waals surface area contributed by atoms with Crippen molar-refractivity contribution in [3.63, 3.8) is 0 Å². The fraction of sp³-hybridized carbons (Fsp3) is 0.688. The Morgan fingerprint density at radius 2 is 2.35 bits per heavy atom. The number of nitrogens with zero attached hydrogens (tertiary/aromatic N) is 4. The maximum atomic E-state index is 13.1. The van der Waals surface area contributed by atoms with Gasteiger partial charge in [0.15, 0.2) is 11.2 Å². The number of imidazole rings is 1. The zero-order valence-corrected chi connectivity index (χ0v) is 12.7. The molecule has 0 aliphatic rings. The quantitative estimate of drug-likeness (QED) is 0.772. The van der Waals surface area contributed by atoms with Crippen molar-refractivity contribution in [1.29, 1.82) is 0 Å². The van der Waals surface area contributed by atoms with Crippen molar-refractivity contribution < 1.29 is 20.2 Å². The molecule has 0 radical (unpaired) electrons. The maximum absolute atomic E-state index is 13.1. The molecule has 0 amide bonds. The molecule has 1 atom stereocenters. The summed E-state index contributed by atoms with van der Waals surface area (Å²) in [6.45, 7) is -10.5. The average molecular weight is 336 g/mol. The molecular weight excluding hydrogens is 296 g/mol. The predicted molar refractivity (Wildman–Crippen MR) is 89.7 cm³/mol. The van der Waals surface area contributed by atoms with E-state index in [1.54, 1.807) is 0 Å². The van der Waals surface area contributed by atoms with Gasteiger partial charge in [-0.15, -0.1) is 0 Å². The molecule has 2 rings (SSSR count). The van der Waals surface area contributed by atoms with Gasteiger partial charge in [-0.05, 0) is 39.4 Å². The summed E-state index contributed by atoms with van der Waals surface area (Å²) in [4.78, 5) is 29.8. The smallest absolute Gasteiger partial charge is 0.332 e. The number of aliphatic hydroxyl groups is 1. The molecule has 0 bridgehead atoms. The minimum atomic E-state index is -3.22. The van der Waals surface area contributed by atoms with Crippen LogP contribution in [0.1, 0.15) is 61.4 Å². The molecule has 23 heavy (non-hydrogen) atoms. The number of hydrogen-bond donors (Lipinski definition) is 1. The average Bonchev–Trinajstić information content (AvgIpc) is 3.09. The van der Waals surface area contributed by atoms with Crippen molar-refractivity contribution in [1.82, 2.24) is 18.7 Å². The highest BCUT2D eigenvalue weighted by molar-refractivity contribution is 5.69. The SMILES string of the molecule is [2H]C([2H])([2H])n1c(=O)n(CCCCC(O)(C([2H])([2H])[2H])C([3H])([3H])[3H])c(=O)c2c1ncn2C([2H])([2H])CC. The Morgan fingerprint density at radius 3 is 3.00 bits per heavy atom. The van der Waals surface area contributed by atoms with Gasteiger partial charge < -0.3 is 9.67 Å². The largest absolute Gasteiger partial charge is 0.390 e. The van der Waals surface area contributed by atoms with E-state index in [0.29, 0.717) is 9.13 Å². The van der Waals surface area contributed by atoms with E-state index in [9.17, 15) is 14.7 Å². The Kier molecular flexibility index (Phi) is 2.27. The van der Waals surface area contributed by atoms with Crippen LogP contribution in [0.4, 0.5) is 0 Å². The molecule has 0 spiro atoms. The first-order valence-corrected chi connectivity index (χ1v) is 7.17. The van der Waals surface area contributed by atoms with Crippen LogP contribution in [-0.2, 0) is 20.0 Å². The zero-order chi connectivity index (χ0) is 26.5. The van der Waals surface area contributed by atoms with Crippen molar-refractivity contribution >= 4 is 11.2 Å². The highest BCUT2D eigenvalue weighted by Gasteiger charge is 2.16. The monoisotopic (exact) mass is 336 g/mol. The van der Waals surface area contributed by atoms with Crippen LogP contribution in [-0.4, -0.2) is 29.4 Å². The van der Waals surface area contributed by atoms with Crippen molar-refractivity contribution in [3.05, 3.63) is 27.2 Å². The third-order valence-corrected chi connectivity index (χ3v) is 3.33.